The quantitative estimate of drug-likeness (QED) is 0.120. The zero-order chi connectivity index (χ0) is 30.0. The highest BCUT2D eigenvalue weighted by Gasteiger charge is 2.30. The second-order valence-corrected chi connectivity index (χ2v) is 10.9. The number of hydrogen-bond donors (Lipinski definition) is 2. The van der Waals surface area contributed by atoms with Gasteiger partial charge in [0.15, 0.2) is 0 Å². The highest BCUT2D eigenvalue weighted by Crippen LogP contribution is 2.32. The number of halogens is 3. The summed E-state index contributed by atoms with van der Waals surface area (Å²) in [4.78, 5) is 21.4. The fourth-order valence-electron chi connectivity index (χ4n) is 4.94. The zero-order valence-electron chi connectivity index (χ0n) is 24.3. The van der Waals surface area contributed by atoms with Crippen molar-refractivity contribution in [3.05, 3.63) is 107 Å². The molecule has 0 fully saturated rings. The van der Waals surface area contributed by atoms with Crippen molar-refractivity contribution in [1.82, 2.24) is 20.2 Å². The minimum Gasteiger partial charge on any atom is -0.361 e. The lowest BCUT2D eigenvalue weighted by Gasteiger charge is -2.26. The number of alkyl halides is 3. The van der Waals surface area contributed by atoms with E-state index in [2.05, 4.69) is 58.3 Å². The highest BCUT2D eigenvalue weighted by molar-refractivity contribution is 5.91. The third kappa shape index (κ3) is 9.31. The van der Waals surface area contributed by atoms with Crippen LogP contribution in [0.2, 0.25) is 0 Å². The SMILES string of the molecule is CC(C)N(CCc1c[nH]c2ccc(C(F)(F)F)cc12)Cc1ccc(CCCCCNC(=O)/C=C/c2cccnc2)cc1. The molecule has 0 saturated heterocycles. The molecular formula is C34H39F3N4O. The molecule has 0 aliphatic heterocycles. The summed E-state index contributed by atoms with van der Waals surface area (Å²) in [5.74, 6) is -0.0954. The van der Waals surface area contributed by atoms with Gasteiger partial charge in [-0.2, -0.15) is 13.2 Å². The summed E-state index contributed by atoms with van der Waals surface area (Å²) in [6.07, 6.45) is 8.86. The number of amides is 1. The Hall–Kier alpha value is -3.91. The summed E-state index contributed by atoms with van der Waals surface area (Å²) in [6, 6.07) is 16.6. The number of fused-ring (bicyclic) bond motifs is 1. The largest absolute Gasteiger partial charge is 0.416 e. The molecule has 0 radical (unpaired) electrons. The first-order chi connectivity index (χ1) is 20.2. The van der Waals surface area contributed by atoms with Crippen molar-refractivity contribution < 1.29 is 18.0 Å². The number of hydrogen-bond acceptors (Lipinski definition) is 3. The van der Waals surface area contributed by atoms with Crippen molar-refractivity contribution >= 4 is 22.9 Å². The van der Waals surface area contributed by atoms with E-state index in [0.717, 1.165) is 61.5 Å². The second kappa shape index (κ2) is 14.8. The molecule has 2 aromatic carbocycles. The Balaban J connectivity index is 1.19. The molecule has 2 N–H and O–H groups in total. The predicted molar refractivity (Wildman–Crippen MR) is 163 cm³/mol. The molecule has 42 heavy (non-hydrogen) atoms. The maximum atomic E-state index is 13.2. The van der Waals surface area contributed by atoms with Gasteiger partial charge in [0.2, 0.25) is 5.91 Å². The number of carbonyl (C=O) groups excluding carboxylic acids is 1. The number of pyridine rings is 1. The average molecular weight is 577 g/mol. The summed E-state index contributed by atoms with van der Waals surface area (Å²) < 4.78 is 39.7. The molecule has 2 aromatic heterocycles. The Kier molecular flexibility index (Phi) is 11.0. The van der Waals surface area contributed by atoms with Gasteiger partial charge in [-0.25, -0.2) is 0 Å². The summed E-state index contributed by atoms with van der Waals surface area (Å²) in [5, 5.41) is 3.56. The van der Waals surface area contributed by atoms with E-state index in [-0.39, 0.29) is 5.91 Å². The smallest absolute Gasteiger partial charge is 0.361 e. The van der Waals surface area contributed by atoms with E-state index in [0.29, 0.717) is 24.4 Å². The first-order valence-electron chi connectivity index (χ1n) is 14.5. The second-order valence-electron chi connectivity index (χ2n) is 10.9. The van der Waals surface area contributed by atoms with Crippen molar-refractivity contribution in [2.45, 2.75) is 64.7 Å². The van der Waals surface area contributed by atoms with Crippen LogP contribution in [0.4, 0.5) is 13.2 Å². The Bertz CT molecular complexity index is 1440. The summed E-state index contributed by atoms with van der Waals surface area (Å²) in [5.41, 5.74) is 4.41. The maximum absolute atomic E-state index is 13.2. The lowest BCUT2D eigenvalue weighted by molar-refractivity contribution is -0.137. The normalized spacial score (nSPS) is 12.2. The molecule has 0 saturated carbocycles. The Labute approximate surface area is 245 Å². The molecule has 0 bridgehead atoms. The van der Waals surface area contributed by atoms with E-state index in [1.54, 1.807) is 18.5 Å². The molecule has 1 amide bonds. The van der Waals surface area contributed by atoms with Gasteiger partial charge in [0.1, 0.15) is 0 Å². The van der Waals surface area contributed by atoms with E-state index < -0.39 is 11.7 Å². The van der Waals surface area contributed by atoms with Crippen molar-refractivity contribution in [3.8, 4) is 0 Å². The van der Waals surface area contributed by atoms with Crippen LogP contribution in [0.3, 0.4) is 0 Å². The van der Waals surface area contributed by atoms with Crippen LogP contribution in [0.5, 0.6) is 0 Å². The van der Waals surface area contributed by atoms with Gasteiger partial charge < -0.3 is 10.3 Å². The van der Waals surface area contributed by atoms with Gasteiger partial charge in [-0.1, -0.05) is 36.8 Å². The first-order valence-corrected chi connectivity index (χ1v) is 14.5. The molecule has 5 nitrogen and oxygen atoms in total. The van der Waals surface area contributed by atoms with Crippen LogP contribution >= 0.6 is 0 Å². The van der Waals surface area contributed by atoms with E-state index in [1.165, 1.54) is 29.3 Å². The standard InChI is InChI=1S/C34H39F3N4O/c1-25(2)41(20-17-29-23-40-32-15-14-30(21-31(29)32)34(35,36)37)24-28-11-9-26(10-12-28)7-4-3-5-19-39-33(42)16-13-27-8-6-18-38-22-27/h6,8-16,18,21-23,25,40H,3-5,7,17,19-20,24H2,1-2H3,(H,39,42)/b16-13+. The third-order valence-electron chi connectivity index (χ3n) is 7.46. The van der Waals surface area contributed by atoms with Crippen LogP contribution < -0.4 is 5.32 Å². The predicted octanol–water partition coefficient (Wildman–Crippen LogP) is 7.58. The molecule has 0 aliphatic carbocycles. The number of unbranched alkanes of at least 4 members (excludes halogenated alkanes) is 2. The van der Waals surface area contributed by atoms with Gasteiger partial charge in [0, 0.05) is 61.2 Å². The first kappa shape index (κ1) is 31.0. The number of H-pyrrole nitrogens is 1. The molecule has 4 aromatic rings. The highest BCUT2D eigenvalue weighted by atomic mass is 19.4. The number of nitrogens with one attached hydrogen (secondary N) is 2. The summed E-state index contributed by atoms with van der Waals surface area (Å²) in [6.45, 7) is 6.47. The van der Waals surface area contributed by atoms with Gasteiger partial charge in [-0.15, -0.1) is 0 Å². The average Bonchev–Trinajstić information content (AvgIpc) is 3.39. The monoisotopic (exact) mass is 576 g/mol. The zero-order valence-corrected chi connectivity index (χ0v) is 24.3. The number of rotatable bonds is 14. The molecule has 0 unspecified atom stereocenters. The molecule has 8 heteroatoms. The van der Waals surface area contributed by atoms with Crippen LogP contribution in [0, 0.1) is 0 Å². The van der Waals surface area contributed by atoms with E-state index >= 15 is 0 Å². The Morgan fingerprint density at radius 3 is 2.52 bits per heavy atom. The van der Waals surface area contributed by atoms with Crippen molar-refractivity contribution in [2.24, 2.45) is 0 Å². The van der Waals surface area contributed by atoms with Gasteiger partial charge in [0.05, 0.1) is 5.56 Å². The maximum Gasteiger partial charge on any atom is 0.416 e. The minimum absolute atomic E-state index is 0.0954. The topological polar surface area (TPSA) is 61.0 Å². The fourth-order valence-corrected chi connectivity index (χ4v) is 4.94. The van der Waals surface area contributed by atoms with Gasteiger partial charge in [-0.05, 0) is 92.1 Å². The Morgan fingerprint density at radius 1 is 1.02 bits per heavy atom. The van der Waals surface area contributed by atoms with Gasteiger partial charge in [-0.3, -0.25) is 14.7 Å². The molecule has 0 spiro atoms. The lowest BCUT2D eigenvalue weighted by atomic mass is 10.0. The molecule has 4 rings (SSSR count). The summed E-state index contributed by atoms with van der Waals surface area (Å²) in [7, 11) is 0. The summed E-state index contributed by atoms with van der Waals surface area (Å²) >= 11 is 0. The van der Waals surface area contributed by atoms with Gasteiger partial charge in [0.25, 0.3) is 0 Å². The Morgan fingerprint density at radius 2 is 1.81 bits per heavy atom. The van der Waals surface area contributed by atoms with Gasteiger partial charge >= 0.3 is 6.18 Å². The van der Waals surface area contributed by atoms with Crippen molar-refractivity contribution in [3.63, 3.8) is 0 Å². The fraction of sp³-hybridized carbons (Fsp3) is 0.353. The molecule has 0 atom stereocenters. The van der Waals surface area contributed by atoms with Crippen LogP contribution in [-0.4, -0.2) is 39.9 Å². The number of aromatic nitrogens is 2. The number of aromatic amines is 1. The van der Waals surface area contributed by atoms with Crippen LogP contribution in [0.1, 0.15) is 60.9 Å². The third-order valence-corrected chi connectivity index (χ3v) is 7.46. The van der Waals surface area contributed by atoms with Crippen molar-refractivity contribution in [1.29, 1.82) is 0 Å². The van der Waals surface area contributed by atoms with E-state index in [9.17, 15) is 18.0 Å². The minimum atomic E-state index is -4.35. The number of aryl methyl sites for hydroxylation is 1. The molecule has 222 valence electrons. The lowest BCUT2D eigenvalue weighted by Crippen LogP contribution is -2.32. The van der Waals surface area contributed by atoms with Crippen LogP contribution in [0.25, 0.3) is 17.0 Å². The van der Waals surface area contributed by atoms with Crippen LogP contribution in [0.15, 0.2) is 79.3 Å². The number of carbonyl (C=O) groups is 1. The molecular weight excluding hydrogens is 537 g/mol. The van der Waals surface area contributed by atoms with Crippen molar-refractivity contribution in [2.75, 3.05) is 13.1 Å². The van der Waals surface area contributed by atoms with E-state index in [1.807, 2.05) is 18.3 Å². The van der Waals surface area contributed by atoms with Crippen LogP contribution in [-0.2, 0) is 30.4 Å². The van der Waals surface area contributed by atoms with E-state index in [4.69, 9.17) is 0 Å². The number of benzene rings is 2. The molecule has 2 heterocycles. The molecule has 0 aliphatic rings. The number of nitrogens with zero attached hydrogens (tertiary/aromatic N) is 2.